The molecule has 1 aliphatic rings. The molecule has 0 aromatic rings. The summed E-state index contributed by atoms with van der Waals surface area (Å²) in [7, 11) is 1.65. The molecule has 0 saturated heterocycles. The zero-order valence-electron chi connectivity index (χ0n) is 6.75. The predicted octanol–water partition coefficient (Wildman–Crippen LogP) is 1.28. The molecule has 64 valence electrons. The number of carboxylic acids is 1. The minimum atomic E-state index is -0.674. The second kappa shape index (κ2) is 3.72. The highest BCUT2D eigenvalue weighted by molar-refractivity contribution is 5.70. The minimum Gasteiger partial charge on any atom is -0.481 e. The Bertz CT molecular complexity index is 144. The summed E-state index contributed by atoms with van der Waals surface area (Å²) in [5.74, 6) is -0.847. The van der Waals surface area contributed by atoms with Gasteiger partial charge >= 0.3 is 5.97 Å². The highest BCUT2D eigenvalue weighted by atomic mass is 16.5. The van der Waals surface area contributed by atoms with Crippen LogP contribution in [0.25, 0.3) is 0 Å². The van der Waals surface area contributed by atoms with Crippen LogP contribution in [0, 0.1) is 5.92 Å². The second-order valence-electron chi connectivity index (χ2n) is 3.06. The number of methoxy groups -OCH3 is 1. The van der Waals surface area contributed by atoms with E-state index in [1.807, 2.05) is 0 Å². The molecule has 0 aromatic carbocycles. The number of hydrogen-bond acceptors (Lipinski definition) is 2. The van der Waals surface area contributed by atoms with Crippen molar-refractivity contribution in [3.8, 4) is 0 Å². The second-order valence-corrected chi connectivity index (χ2v) is 3.06. The summed E-state index contributed by atoms with van der Waals surface area (Å²) in [6.07, 6.45) is 3.67. The molecule has 3 heteroatoms. The van der Waals surface area contributed by atoms with Crippen molar-refractivity contribution < 1.29 is 14.6 Å². The van der Waals surface area contributed by atoms with Crippen molar-refractivity contribution in [2.24, 2.45) is 5.92 Å². The molecule has 0 unspecified atom stereocenters. The summed E-state index contributed by atoms with van der Waals surface area (Å²) in [6, 6.07) is 0. The molecule has 1 saturated carbocycles. The predicted molar refractivity (Wildman–Crippen MR) is 40.4 cm³/mol. The first-order valence-electron chi connectivity index (χ1n) is 3.99. The van der Waals surface area contributed by atoms with E-state index >= 15 is 0 Å². The molecule has 0 bridgehead atoms. The molecule has 3 nitrogen and oxygen atoms in total. The van der Waals surface area contributed by atoms with Gasteiger partial charge in [-0.15, -0.1) is 0 Å². The molecule has 2 atom stereocenters. The molecule has 0 heterocycles. The van der Waals surface area contributed by atoms with Gasteiger partial charge in [-0.25, -0.2) is 0 Å². The number of ether oxygens (including phenoxy) is 1. The first kappa shape index (κ1) is 8.53. The zero-order chi connectivity index (χ0) is 8.27. The molecule has 1 fully saturated rings. The van der Waals surface area contributed by atoms with Crippen molar-refractivity contribution in [2.45, 2.75) is 31.8 Å². The normalized spacial score (nSPS) is 31.7. The fourth-order valence-electron chi connectivity index (χ4n) is 1.58. The van der Waals surface area contributed by atoms with Crippen LogP contribution in [0.5, 0.6) is 0 Å². The fourth-order valence-corrected chi connectivity index (χ4v) is 1.58. The molecular weight excluding hydrogens is 144 g/mol. The van der Waals surface area contributed by atoms with E-state index in [0.717, 1.165) is 19.3 Å². The van der Waals surface area contributed by atoms with Gasteiger partial charge in [0.1, 0.15) is 0 Å². The maximum absolute atomic E-state index is 10.6. The van der Waals surface area contributed by atoms with E-state index < -0.39 is 5.97 Å². The van der Waals surface area contributed by atoms with Crippen LogP contribution >= 0.6 is 0 Å². The summed E-state index contributed by atoms with van der Waals surface area (Å²) < 4.78 is 5.11. The zero-order valence-corrected chi connectivity index (χ0v) is 6.75. The van der Waals surface area contributed by atoms with Crippen molar-refractivity contribution in [1.82, 2.24) is 0 Å². The van der Waals surface area contributed by atoms with Crippen molar-refractivity contribution in [3.05, 3.63) is 0 Å². The van der Waals surface area contributed by atoms with Crippen LogP contribution in [0.15, 0.2) is 0 Å². The Hall–Kier alpha value is -0.570. The Kier molecular flexibility index (Phi) is 2.88. The highest BCUT2D eigenvalue weighted by Gasteiger charge is 2.26. The first-order valence-corrected chi connectivity index (χ1v) is 3.99. The lowest BCUT2D eigenvalue weighted by Gasteiger charge is -2.25. The molecule has 0 aliphatic heterocycles. The summed E-state index contributed by atoms with van der Waals surface area (Å²) in [5, 5.41) is 8.70. The summed E-state index contributed by atoms with van der Waals surface area (Å²) in [5.41, 5.74) is 0. The Morgan fingerprint density at radius 3 is 2.82 bits per heavy atom. The van der Waals surface area contributed by atoms with Crippen molar-refractivity contribution in [3.63, 3.8) is 0 Å². The van der Waals surface area contributed by atoms with Crippen molar-refractivity contribution in [2.75, 3.05) is 7.11 Å². The van der Waals surface area contributed by atoms with Crippen LogP contribution < -0.4 is 0 Å². The Balaban J connectivity index is 2.39. The van der Waals surface area contributed by atoms with Gasteiger partial charge in [0.05, 0.1) is 12.0 Å². The number of carbonyl (C=O) groups is 1. The maximum Gasteiger partial charge on any atom is 0.306 e. The molecule has 1 aliphatic carbocycles. The lowest BCUT2D eigenvalue weighted by atomic mass is 9.87. The van der Waals surface area contributed by atoms with Crippen LogP contribution in [0.1, 0.15) is 25.7 Å². The van der Waals surface area contributed by atoms with Crippen LogP contribution in [-0.4, -0.2) is 24.3 Å². The quantitative estimate of drug-likeness (QED) is 0.658. The number of aliphatic carboxylic acids is 1. The van der Waals surface area contributed by atoms with Gasteiger partial charge < -0.3 is 9.84 Å². The van der Waals surface area contributed by atoms with Crippen LogP contribution in [-0.2, 0) is 9.53 Å². The smallest absolute Gasteiger partial charge is 0.306 e. The third kappa shape index (κ3) is 2.19. The molecule has 11 heavy (non-hydrogen) atoms. The lowest BCUT2D eigenvalue weighted by Crippen LogP contribution is -2.26. The number of hydrogen-bond donors (Lipinski definition) is 1. The third-order valence-corrected chi connectivity index (χ3v) is 2.31. The number of carboxylic acid groups (broad SMARTS) is 1. The van der Waals surface area contributed by atoms with Crippen LogP contribution in [0.4, 0.5) is 0 Å². The molecule has 0 radical (unpaired) electrons. The minimum absolute atomic E-state index is 0.171. The average Bonchev–Trinajstić information content (AvgIpc) is 2.05. The van der Waals surface area contributed by atoms with E-state index in [1.54, 1.807) is 7.11 Å². The molecule has 0 aromatic heterocycles. The fraction of sp³-hybridized carbons (Fsp3) is 0.875. The van der Waals surface area contributed by atoms with Crippen LogP contribution in [0.3, 0.4) is 0 Å². The van der Waals surface area contributed by atoms with Gasteiger partial charge in [-0.3, -0.25) is 4.79 Å². The average molecular weight is 158 g/mol. The molecule has 1 N–H and O–H groups in total. The van der Waals surface area contributed by atoms with Gasteiger partial charge in [0.2, 0.25) is 0 Å². The maximum atomic E-state index is 10.6. The van der Waals surface area contributed by atoms with Crippen molar-refractivity contribution >= 4 is 5.97 Å². The van der Waals surface area contributed by atoms with E-state index in [1.165, 1.54) is 0 Å². The van der Waals surface area contributed by atoms with E-state index in [2.05, 4.69) is 0 Å². The monoisotopic (exact) mass is 158 g/mol. The van der Waals surface area contributed by atoms with Gasteiger partial charge in [-0.1, -0.05) is 6.42 Å². The third-order valence-electron chi connectivity index (χ3n) is 2.31. The number of rotatable bonds is 2. The summed E-state index contributed by atoms with van der Waals surface area (Å²) in [6.45, 7) is 0. The molecule has 0 spiro atoms. The topological polar surface area (TPSA) is 46.5 Å². The first-order chi connectivity index (χ1) is 5.24. The standard InChI is InChI=1S/C8H14O3/c1-11-7-4-2-3-6(5-7)8(9)10/h6-7H,2-5H2,1H3,(H,9,10)/t6-,7+/m0/s1. The highest BCUT2D eigenvalue weighted by Crippen LogP contribution is 2.25. The summed E-state index contributed by atoms with van der Waals surface area (Å²) in [4.78, 5) is 10.6. The largest absolute Gasteiger partial charge is 0.481 e. The van der Waals surface area contributed by atoms with E-state index in [9.17, 15) is 4.79 Å². The van der Waals surface area contributed by atoms with Gasteiger partial charge in [0.15, 0.2) is 0 Å². The van der Waals surface area contributed by atoms with Crippen LogP contribution in [0.2, 0.25) is 0 Å². The van der Waals surface area contributed by atoms with Gasteiger partial charge in [0.25, 0.3) is 0 Å². The Labute approximate surface area is 66.4 Å². The summed E-state index contributed by atoms with van der Waals surface area (Å²) >= 11 is 0. The molecular formula is C8H14O3. The SMILES string of the molecule is CO[C@@H]1CCC[C@H](C(=O)O)C1. The van der Waals surface area contributed by atoms with Crippen molar-refractivity contribution in [1.29, 1.82) is 0 Å². The molecule has 1 rings (SSSR count). The van der Waals surface area contributed by atoms with E-state index in [0.29, 0.717) is 6.42 Å². The van der Waals surface area contributed by atoms with Gasteiger partial charge in [0, 0.05) is 7.11 Å². The van der Waals surface area contributed by atoms with Gasteiger partial charge in [-0.05, 0) is 19.3 Å². The molecule has 0 amide bonds. The Morgan fingerprint density at radius 1 is 1.55 bits per heavy atom. The van der Waals surface area contributed by atoms with E-state index in [4.69, 9.17) is 9.84 Å². The van der Waals surface area contributed by atoms with E-state index in [-0.39, 0.29) is 12.0 Å². The Morgan fingerprint density at radius 2 is 2.27 bits per heavy atom. The lowest BCUT2D eigenvalue weighted by molar-refractivity contribution is -0.144. The van der Waals surface area contributed by atoms with Gasteiger partial charge in [-0.2, -0.15) is 0 Å².